The van der Waals surface area contributed by atoms with Gasteiger partial charge in [0.15, 0.2) is 0 Å². The highest BCUT2D eigenvalue weighted by molar-refractivity contribution is 5.75. The smallest absolute Gasteiger partial charge is 0.311 e. The fourth-order valence-corrected chi connectivity index (χ4v) is 3.13. The van der Waals surface area contributed by atoms with Crippen molar-refractivity contribution in [1.29, 1.82) is 0 Å². The maximum atomic E-state index is 11.8. The van der Waals surface area contributed by atoms with Gasteiger partial charge in [-0.1, -0.05) is 19.9 Å². The lowest BCUT2D eigenvalue weighted by atomic mass is 9.48. The first-order chi connectivity index (χ1) is 8.14. The van der Waals surface area contributed by atoms with Gasteiger partial charge in [0, 0.05) is 0 Å². The Hall–Kier alpha value is -0.830. The molecule has 1 N–H and O–H groups in total. The number of hydrogen-bond acceptors (Lipinski definition) is 3. The Bertz CT molecular complexity index is 387. The van der Waals surface area contributed by atoms with Crippen LogP contribution >= 0.6 is 0 Å². The van der Waals surface area contributed by atoms with Crippen molar-refractivity contribution in [3.05, 3.63) is 11.6 Å². The van der Waals surface area contributed by atoms with Crippen LogP contribution in [0.3, 0.4) is 0 Å². The summed E-state index contributed by atoms with van der Waals surface area (Å²) in [7, 11) is 0. The lowest BCUT2D eigenvalue weighted by Crippen LogP contribution is -2.54. The molecule has 3 rings (SSSR count). The molecule has 3 nitrogen and oxygen atoms in total. The van der Waals surface area contributed by atoms with E-state index in [2.05, 4.69) is 13.8 Å². The van der Waals surface area contributed by atoms with Crippen LogP contribution in [0.4, 0.5) is 0 Å². The average molecular weight is 252 g/mol. The van der Waals surface area contributed by atoms with Crippen LogP contribution in [0, 0.1) is 22.7 Å². The number of aliphatic hydroxyl groups excluding tert-OH is 1. The van der Waals surface area contributed by atoms with E-state index in [0.29, 0.717) is 18.4 Å². The van der Waals surface area contributed by atoms with E-state index in [9.17, 15) is 9.90 Å². The molecule has 3 heteroatoms. The van der Waals surface area contributed by atoms with Gasteiger partial charge in [0.1, 0.15) is 6.61 Å². The molecule has 0 spiro atoms. The third-order valence-corrected chi connectivity index (χ3v) is 4.57. The van der Waals surface area contributed by atoms with Gasteiger partial charge in [-0.2, -0.15) is 0 Å². The monoisotopic (exact) mass is 252 g/mol. The van der Waals surface area contributed by atoms with Crippen molar-refractivity contribution in [2.45, 2.75) is 47.1 Å². The number of carbonyl (C=O) groups excluding carboxylic acids is 1. The van der Waals surface area contributed by atoms with Gasteiger partial charge in [0.25, 0.3) is 0 Å². The van der Waals surface area contributed by atoms with Gasteiger partial charge in [0.05, 0.1) is 11.5 Å². The van der Waals surface area contributed by atoms with Gasteiger partial charge in [-0.15, -0.1) is 0 Å². The van der Waals surface area contributed by atoms with Crippen molar-refractivity contribution < 1.29 is 14.6 Å². The van der Waals surface area contributed by atoms with Crippen molar-refractivity contribution >= 4 is 5.97 Å². The summed E-state index contributed by atoms with van der Waals surface area (Å²) in [6, 6.07) is 0. The lowest BCUT2D eigenvalue weighted by molar-refractivity contribution is -0.153. The molecule has 0 aromatic rings. The van der Waals surface area contributed by atoms with E-state index in [1.165, 1.54) is 0 Å². The second kappa shape index (κ2) is 4.09. The number of rotatable bonds is 2. The summed E-state index contributed by atoms with van der Waals surface area (Å²) in [5.74, 6) is 0.639. The Morgan fingerprint density at radius 2 is 2.11 bits per heavy atom. The van der Waals surface area contributed by atoms with E-state index in [0.717, 1.165) is 12.0 Å². The molecule has 102 valence electrons. The second-order valence-electron chi connectivity index (χ2n) is 7.27. The van der Waals surface area contributed by atoms with E-state index in [4.69, 9.17) is 4.74 Å². The second-order valence-corrected chi connectivity index (χ2v) is 7.27. The zero-order valence-corrected chi connectivity index (χ0v) is 12.0. The predicted octanol–water partition coefficient (Wildman–Crippen LogP) is 2.54. The zero-order valence-electron chi connectivity index (χ0n) is 12.0. The van der Waals surface area contributed by atoms with Crippen molar-refractivity contribution in [3.8, 4) is 0 Å². The van der Waals surface area contributed by atoms with Crippen LogP contribution in [-0.2, 0) is 9.53 Å². The Kier molecular flexibility index (Phi) is 3.09. The number of esters is 1. The van der Waals surface area contributed by atoms with Gasteiger partial charge < -0.3 is 9.84 Å². The maximum absolute atomic E-state index is 11.8. The van der Waals surface area contributed by atoms with Crippen molar-refractivity contribution in [1.82, 2.24) is 0 Å². The highest BCUT2D eigenvalue weighted by Crippen LogP contribution is 2.59. The van der Waals surface area contributed by atoms with Gasteiger partial charge in [0.2, 0.25) is 0 Å². The van der Waals surface area contributed by atoms with Crippen LogP contribution in [-0.4, -0.2) is 23.8 Å². The fraction of sp³-hybridized carbons (Fsp3) is 0.800. The first-order valence-corrected chi connectivity index (χ1v) is 6.70. The standard InChI is InChI=1S/C15H24O3/c1-14(2,3)13(17)18-8-9-6-12(16)11-7-10(9)15(11,4)5/h6,10-12,16H,7-8H2,1-5H3/t10-,11+,12+/m0/s1. The number of ether oxygens (including phenoxy) is 1. The van der Waals surface area contributed by atoms with E-state index in [-0.39, 0.29) is 17.5 Å². The van der Waals surface area contributed by atoms with Crippen LogP contribution in [0.25, 0.3) is 0 Å². The van der Waals surface area contributed by atoms with Crippen LogP contribution in [0.5, 0.6) is 0 Å². The molecule has 3 atom stereocenters. The minimum Gasteiger partial charge on any atom is -0.461 e. The van der Waals surface area contributed by atoms with Crippen LogP contribution in [0.15, 0.2) is 11.6 Å². The Morgan fingerprint density at radius 1 is 1.50 bits per heavy atom. The molecule has 18 heavy (non-hydrogen) atoms. The largest absolute Gasteiger partial charge is 0.461 e. The quantitative estimate of drug-likeness (QED) is 0.607. The Balaban J connectivity index is 2.01. The van der Waals surface area contributed by atoms with E-state index >= 15 is 0 Å². The molecule has 0 amide bonds. The number of carbonyl (C=O) groups is 1. The molecule has 0 heterocycles. The summed E-state index contributed by atoms with van der Waals surface area (Å²) >= 11 is 0. The summed E-state index contributed by atoms with van der Waals surface area (Å²) in [5, 5.41) is 10.0. The molecule has 0 saturated heterocycles. The third kappa shape index (κ3) is 2.09. The molecule has 3 aliphatic carbocycles. The number of fused-ring (bicyclic) bond motifs is 1. The Morgan fingerprint density at radius 3 is 2.56 bits per heavy atom. The van der Waals surface area contributed by atoms with Crippen LogP contribution in [0.1, 0.15) is 41.0 Å². The highest BCUT2D eigenvalue weighted by Gasteiger charge is 2.55. The summed E-state index contributed by atoms with van der Waals surface area (Å²) < 4.78 is 5.36. The van der Waals surface area contributed by atoms with E-state index < -0.39 is 5.41 Å². The third-order valence-electron chi connectivity index (χ3n) is 4.57. The lowest BCUT2D eigenvalue weighted by Gasteiger charge is -2.58. The first-order valence-electron chi connectivity index (χ1n) is 6.70. The predicted molar refractivity (Wildman–Crippen MR) is 69.9 cm³/mol. The van der Waals surface area contributed by atoms with E-state index in [1.807, 2.05) is 26.8 Å². The molecular formula is C15H24O3. The summed E-state index contributed by atoms with van der Waals surface area (Å²) in [6.07, 6.45) is 2.53. The average Bonchev–Trinajstić information content (AvgIpc) is 2.23. The van der Waals surface area contributed by atoms with Crippen LogP contribution < -0.4 is 0 Å². The van der Waals surface area contributed by atoms with Gasteiger partial charge >= 0.3 is 5.97 Å². The minimum absolute atomic E-state index is 0.137. The normalized spacial score (nSPS) is 33.4. The topological polar surface area (TPSA) is 46.5 Å². The molecule has 0 unspecified atom stereocenters. The molecule has 2 bridgehead atoms. The molecule has 0 aliphatic heterocycles. The molecular weight excluding hydrogens is 228 g/mol. The molecule has 1 fully saturated rings. The summed E-state index contributed by atoms with van der Waals surface area (Å²) in [6.45, 7) is 10.3. The molecule has 0 aromatic heterocycles. The van der Waals surface area contributed by atoms with Crippen molar-refractivity contribution in [3.63, 3.8) is 0 Å². The zero-order chi connectivity index (χ0) is 13.7. The highest BCUT2D eigenvalue weighted by atomic mass is 16.5. The minimum atomic E-state index is -0.467. The fourth-order valence-electron chi connectivity index (χ4n) is 3.13. The van der Waals surface area contributed by atoms with Gasteiger partial charge in [-0.25, -0.2) is 0 Å². The van der Waals surface area contributed by atoms with Gasteiger partial charge in [-0.05, 0) is 50.0 Å². The summed E-state index contributed by atoms with van der Waals surface area (Å²) in [4.78, 5) is 11.8. The number of aliphatic hydroxyl groups is 1. The number of hydrogen-bond donors (Lipinski definition) is 1. The van der Waals surface area contributed by atoms with Gasteiger partial charge in [-0.3, -0.25) is 4.79 Å². The van der Waals surface area contributed by atoms with E-state index in [1.54, 1.807) is 0 Å². The Labute approximate surface area is 109 Å². The summed E-state index contributed by atoms with van der Waals surface area (Å²) in [5.41, 5.74) is 0.760. The van der Waals surface area contributed by atoms with Crippen molar-refractivity contribution in [2.75, 3.05) is 6.61 Å². The molecule has 0 aromatic carbocycles. The first kappa shape index (κ1) is 13.6. The van der Waals surface area contributed by atoms with Crippen LogP contribution in [0.2, 0.25) is 0 Å². The SMILES string of the molecule is CC(C)(C)C(=O)OCC1=C[C@@H](O)[C@H]2C[C@@H]1C2(C)C. The van der Waals surface area contributed by atoms with Crippen molar-refractivity contribution in [2.24, 2.45) is 22.7 Å². The molecule has 3 aliphatic rings. The molecule has 1 saturated carbocycles. The maximum Gasteiger partial charge on any atom is 0.311 e. The molecule has 0 radical (unpaired) electrons.